The molecule has 2 aromatic heterocycles. The van der Waals surface area contributed by atoms with Crippen molar-refractivity contribution in [3.63, 3.8) is 0 Å². The topological polar surface area (TPSA) is 64.3 Å². The molecule has 6 nitrogen and oxygen atoms in total. The maximum absolute atomic E-state index is 5.76. The van der Waals surface area contributed by atoms with Crippen LogP contribution in [0.2, 0.25) is 0 Å². The predicted molar refractivity (Wildman–Crippen MR) is 76.8 cm³/mol. The van der Waals surface area contributed by atoms with Gasteiger partial charge in [-0.3, -0.25) is 4.90 Å². The van der Waals surface area contributed by atoms with Crippen LogP contribution in [0.5, 0.6) is 5.88 Å². The summed E-state index contributed by atoms with van der Waals surface area (Å²) >= 11 is 0. The second-order valence-corrected chi connectivity index (χ2v) is 5.44. The van der Waals surface area contributed by atoms with Gasteiger partial charge < -0.3 is 9.15 Å². The van der Waals surface area contributed by atoms with Crippen LogP contribution in [-0.2, 0) is 6.54 Å². The van der Waals surface area contributed by atoms with Gasteiger partial charge in [-0.15, -0.1) is 10.2 Å². The number of aromatic nitrogens is 3. The zero-order chi connectivity index (χ0) is 14.5. The van der Waals surface area contributed by atoms with Crippen molar-refractivity contribution in [1.29, 1.82) is 0 Å². The van der Waals surface area contributed by atoms with Crippen molar-refractivity contribution >= 4 is 0 Å². The molecule has 1 atom stereocenters. The summed E-state index contributed by atoms with van der Waals surface area (Å²) in [4.78, 5) is 6.53. The van der Waals surface area contributed by atoms with Crippen LogP contribution in [0.25, 0.3) is 0 Å². The zero-order valence-electron chi connectivity index (χ0n) is 12.2. The van der Waals surface area contributed by atoms with Crippen LogP contribution in [0.4, 0.5) is 0 Å². The van der Waals surface area contributed by atoms with Crippen LogP contribution in [0, 0.1) is 12.8 Å². The van der Waals surface area contributed by atoms with E-state index in [-0.39, 0.29) is 0 Å². The molecule has 0 amide bonds. The number of hydrogen-bond acceptors (Lipinski definition) is 6. The van der Waals surface area contributed by atoms with E-state index in [9.17, 15) is 0 Å². The normalized spacial score (nSPS) is 19.6. The minimum absolute atomic E-state index is 0.518. The summed E-state index contributed by atoms with van der Waals surface area (Å²) < 4.78 is 11.2. The Balaban J connectivity index is 1.49. The summed E-state index contributed by atoms with van der Waals surface area (Å²) in [5.74, 6) is 2.53. The summed E-state index contributed by atoms with van der Waals surface area (Å²) in [6, 6.07) is 5.72. The van der Waals surface area contributed by atoms with Gasteiger partial charge in [-0.25, -0.2) is 4.98 Å². The van der Waals surface area contributed by atoms with E-state index >= 15 is 0 Å². The van der Waals surface area contributed by atoms with Crippen molar-refractivity contribution in [1.82, 2.24) is 20.1 Å². The lowest BCUT2D eigenvalue weighted by Crippen LogP contribution is -2.37. The van der Waals surface area contributed by atoms with Gasteiger partial charge in [-0.05, 0) is 25.5 Å². The summed E-state index contributed by atoms with van der Waals surface area (Å²) in [7, 11) is 0. The molecular weight excluding hydrogens is 268 g/mol. The molecule has 2 aromatic rings. The number of likely N-dealkylation sites (tertiary alicyclic amines) is 1. The molecule has 21 heavy (non-hydrogen) atoms. The minimum atomic E-state index is 0.518. The fourth-order valence-electron chi connectivity index (χ4n) is 2.66. The van der Waals surface area contributed by atoms with E-state index in [1.54, 1.807) is 6.20 Å². The molecule has 0 aromatic carbocycles. The molecule has 1 aliphatic rings. The van der Waals surface area contributed by atoms with Crippen molar-refractivity contribution in [2.75, 3.05) is 19.7 Å². The van der Waals surface area contributed by atoms with Crippen molar-refractivity contribution in [2.45, 2.75) is 26.3 Å². The molecule has 0 radical (unpaired) electrons. The summed E-state index contributed by atoms with van der Waals surface area (Å²) in [5, 5.41) is 7.93. The number of ether oxygens (including phenoxy) is 1. The van der Waals surface area contributed by atoms with Crippen molar-refractivity contribution < 1.29 is 9.15 Å². The van der Waals surface area contributed by atoms with Gasteiger partial charge >= 0.3 is 0 Å². The van der Waals surface area contributed by atoms with Crippen molar-refractivity contribution in [3.05, 3.63) is 36.2 Å². The Labute approximate surface area is 124 Å². The molecule has 0 saturated carbocycles. The Morgan fingerprint density at radius 2 is 2.33 bits per heavy atom. The summed E-state index contributed by atoms with van der Waals surface area (Å²) in [6.45, 7) is 5.31. The van der Waals surface area contributed by atoms with Crippen LogP contribution >= 0.6 is 0 Å². The number of pyridine rings is 1. The molecule has 0 N–H and O–H groups in total. The highest BCUT2D eigenvalue weighted by atomic mass is 16.5. The molecule has 1 unspecified atom stereocenters. The smallest absolute Gasteiger partial charge is 0.230 e. The number of piperidine rings is 1. The monoisotopic (exact) mass is 288 g/mol. The number of aryl methyl sites for hydroxylation is 1. The average Bonchev–Trinajstić information content (AvgIpc) is 2.92. The Kier molecular flexibility index (Phi) is 4.45. The lowest BCUT2D eigenvalue weighted by Gasteiger charge is -2.31. The Morgan fingerprint density at radius 3 is 3.10 bits per heavy atom. The van der Waals surface area contributed by atoms with Gasteiger partial charge in [0.05, 0.1) is 13.2 Å². The van der Waals surface area contributed by atoms with Crippen LogP contribution < -0.4 is 4.74 Å². The van der Waals surface area contributed by atoms with Gasteiger partial charge in [0.2, 0.25) is 17.7 Å². The lowest BCUT2D eigenvalue weighted by molar-refractivity contribution is 0.115. The number of rotatable bonds is 5. The Bertz CT molecular complexity index is 558. The van der Waals surface area contributed by atoms with Crippen LogP contribution in [-0.4, -0.2) is 39.8 Å². The molecular formula is C15H20N4O2. The highest BCUT2D eigenvalue weighted by Gasteiger charge is 2.22. The first-order chi connectivity index (χ1) is 10.3. The molecule has 1 saturated heterocycles. The second-order valence-electron chi connectivity index (χ2n) is 5.44. The molecule has 1 fully saturated rings. The molecule has 3 rings (SSSR count). The van der Waals surface area contributed by atoms with E-state index in [0.29, 0.717) is 30.2 Å². The van der Waals surface area contributed by atoms with Gasteiger partial charge in [0.1, 0.15) is 0 Å². The highest BCUT2D eigenvalue weighted by Crippen LogP contribution is 2.19. The number of nitrogens with zero attached hydrogens (tertiary/aromatic N) is 4. The maximum atomic E-state index is 5.76. The van der Waals surface area contributed by atoms with E-state index in [4.69, 9.17) is 9.15 Å². The highest BCUT2D eigenvalue weighted by molar-refractivity contribution is 5.09. The first-order valence-electron chi connectivity index (χ1n) is 7.35. The third kappa shape index (κ3) is 4.01. The number of hydrogen-bond donors (Lipinski definition) is 0. The molecule has 0 bridgehead atoms. The quantitative estimate of drug-likeness (QED) is 0.839. The van der Waals surface area contributed by atoms with Gasteiger partial charge in [0.15, 0.2) is 0 Å². The molecule has 1 aliphatic heterocycles. The van der Waals surface area contributed by atoms with Gasteiger partial charge in [-0.2, -0.15) is 0 Å². The second kappa shape index (κ2) is 6.67. The SMILES string of the molecule is Cc1nnc(CN2CCCC(COc3ccccn3)C2)o1. The molecule has 6 heteroatoms. The predicted octanol–water partition coefficient (Wildman–Crippen LogP) is 2.06. The van der Waals surface area contributed by atoms with E-state index in [1.165, 1.54) is 12.8 Å². The zero-order valence-corrected chi connectivity index (χ0v) is 12.2. The van der Waals surface area contributed by atoms with Gasteiger partial charge in [-0.1, -0.05) is 6.07 Å². The fraction of sp³-hybridized carbons (Fsp3) is 0.533. The van der Waals surface area contributed by atoms with Crippen LogP contribution in [0.3, 0.4) is 0 Å². The van der Waals surface area contributed by atoms with Crippen molar-refractivity contribution in [2.24, 2.45) is 5.92 Å². The molecule has 0 aliphatic carbocycles. The van der Waals surface area contributed by atoms with E-state index in [1.807, 2.05) is 25.1 Å². The third-order valence-electron chi connectivity index (χ3n) is 3.63. The van der Waals surface area contributed by atoms with E-state index < -0.39 is 0 Å². The standard InChI is InChI=1S/C15H20N4O2/c1-12-17-18-15(21-12)10-19-8-4-5-13(9-19)11-20-14-6-2-3-7-16-14/h2-3,6-7,13H,4-5,8-11H2,1H3. The Morgan fingerprint density at radius 1 is 1.38 bits per heavy atom. The van der Waals surface area contributed by atoms with Crippen molar-refractivity contribution in [3.8, 4) is 5.88 Å². The molecule has 112 valence electrons. The van der Waals surface area contributed by atoms with Crippen LogP contribution in [0.15, 0.2) is 28.8 Å². The maximum Gasteiger partial charge on any atom is 0.230 e. The largest absolute Gasteiger partial charge is 0.477 e. The molecule has 3 heterocycles. The van der Waals surface area contributed by atoms with Gasteiger partial charge in [0, 0.05) is 31.6 Å². The lowest BCUT2D eigenvalue weighted by atomic mass is 9.99. The van der Waals surface area contributed by atoms with Gasteiger partial charge in [0.25, 0.3) is 0 Å². The van der Waals surface area contributed by atoms with E-state index in [0.717, 1.165) is 19.6 Å². The van der Waals surface area contributed by atoms with Crippen LogP contribution in [0.1, 0.15) is 24.6 Å². The minimum Gasteiger partial charge on any atom is -0.477 e. The summed E-state index contributed by atoms with van der Waals surface area (Å²) in [5.41, 5.74) is 0. The first kappa shape index (κ1) is 14.0. The average molecular weight is 288 g/mol. The Hall–Kier alpha value is -1.95. The summed E-state index contributed by atoms with van der Waals surface area (Å²) in [6.07, 6.45) is 4.11. The van der Waals surface area contributed by atoms with E-state index in [2.05, 4.69) is 20.1 Å². The first-order valence-corrected chi connectivity index (χ1v) is 7.35. The fourth-order valence-corrected chi connectivity index (χ4v) is 2.66. The molecule has 0 spiro atoms. The third-order valence-corrected chi connectivity index (χ3v) is 3.63.